The highest BCUT2D eigenvalue weighted by Crippen LogP contribution is 2.72. The third-order valence-electron chi connectivity index (χ3n) is 10.6. The van der Waals surface area contributed by atoms with Crippen LogP contribution in [0.5, 0.6) is 0 Å². The first-order chi connectivity index (χ1) is 23.0. The lowest BCUT2D eigenvalue weighted by molar-refractivity contribution is -0.142. The lowest BCUT2D eigenvalue weighted by Gasteiger charge is -2.40. The second kappa shape index (κ2) is 14.5. The molecule has 0 radical (unpaired) electrons. The first kappa shape index (κ1) is 35.7. The number of para-hydroxylation sites is 1. The fourth-order valence-corrected chi connectivity index (χ4v) is 10.8. The molecule has 258 valence electrons. The van der Waals surface area contributed by atoms with E-state index in [1.807, 2.05) is 54.6 Å². The molecule has 2 aromatic rings. The molecule has 3 aliphatic rings. The van der Waals surface area contributed by atoms with Crippen LogP contribution in [-0.2, 0) is 14.4 Å². The number of aliphatic hydroxyl groups excluding tert-OH is 1. The number of hydrogen-bond acceptors (Lipinski definition) is 6. The molecule has 8 nitrogen and oxygen atoms in total. The van der Waals surface area contributed by atoms with Gasteiger partial charge in [0.15, 0.2) is 0 Å². The highest BCUT2D eigenvalue weighted by Gasteiger charge is 2.78. The van der Waals surface area contributed by atoms with Gasteiger partial charge in [0, 0.05) is 48.0 Å². The number of benzene rings is 2. The molecule has 3 fully saturated rings. The summed E-state index contributed by atoms with van der Waals surface area (Å²) >= 11 is 1.66. The normalized spacial score (nSPS) is 26.4. The van der Waals surface area contributed by atoms with E-state index in [1.165, 1.54) is 0 Å². The van der Waals surface area contributed by atoms with Gasteiger partial charge in [-0.15, -0.1) is 24.9 Å². The summed E-state index contributed by atoms with van der Waals surface area (Å²) in [5, 5.41) is 10.8. The molecule has 2 bridgehead atoms. The van der Waals surface area contributed by atoms with Gasteiger partial charge in [-0.1, -0.05) is 44.2 Å². The summed E-state index contributed by atoms with van der Waals surface area (Å²) in [4.78, 5) is 52.3. The summed E-state index contributed by atoms with van der Waals surface area (Å²) in [7, 11) is 0. The minimum Gasteiger partial charge on any atom is -0.394 e. The van der Waals surface area contributed by atoms with Gasteiger partial charge < -0.3 is 24.7 Å². The van der Waals surface area contributed by atoms with E-state index >= 15 is 4.79 Å². The Labute approximate surface area is 290 Å². The van der Waals surface area contributed by atoms with Gasteiger partial charge in [-0.2, -0.15) is 0 Å². The highest BCUT2D eigenvalue weighted by atomic mass is 32.2. The van der Waals surface area contributed by atoms with Crippen molar-refractivity contribution in [1.82, 2.24) is 4.90 Å². The van der Waals surface area contributed by atoms with Gasteiger partial charge in [0.1, 0.15) is 6.04 Å². The maximum atomic E-state index is 15.2. The summed E-state index contributed by atoms with van der Waals surface area (Å²) < 4.78 is -1.34. The van der Waals surface area contributed by atoms with Crippen molar-refractivity contribution in [2.24, 2.45) is 17.8 Å². The van der Waals surface area contributed by atoms with E-state index in [0.29, 0.717) is 25.8 Å². The first-order valence-electron chi connectivity index (χ1n) is 17.4. The van der Waals surface area contributed by atoms with Crippen molar-refractivity contribution in [2.45, 2.75) is 75.5 Å². The van der Waals surface area contributed by atoms with Gasteiger partial charge in [0.2, 0.25) is 11.8 Å². The number of fused-ring (bicyclic) bond motifs is 1. The molecule has 9 heteroatoms. The first-order valence-corrected chi connectivity index (χ1v) is 18.2. The van der Waals surface area contributed by atoms with Crippen LogP contribution in [0.3, 0.4) is 0 Å². The number of hydrogen-bond donors (Lipinski definition) is 1. The summed E-state index contributed by atoms with van der Waals surface area (Å²) in [5.74, 6) is -1.67. The predicted molar refractivity (Wildman–Crippen MR) is 197 cm³/mol. The Morgan fingerprint density at radius 2 is 1.50 bits per heavy atom. The Bertz CT molecular complexity index is 1500. The van der Waals surface area contributed by atoms with Gasteiger partial charge in [-0.3, -0.25) is 14.4 Å². The molecule has 2 aromatic carbocycles. The SMILES string of the molecule is C=CCN(C(=O)C1N([C@@H](CO)CC(C)C)C(=O)[C@@H]2[C@H](C(=O)N(CC=C)c3ccccc3)[C@]3(C)CCC12S3)c1ccc(N(CC)CC)cc1. The van der Waals surface area contributed by atoms with Gasteiger partial charge in [0.25, 0.3) is 5.91 Å². The maximum Gasteiger partial charge on any atom is 0.251 e. The molecule has 6 atom stereocenters. The van der Waals surface area contributed by atoms with Crippen LogP contribution in [0.15, 0.2) is 79.9 Å². The van der Waals surface area contributed by atoms with E-state index in [1.54, 1.807) is 38.6 Å². The van der Waals surface area contributed by atoms with Gasteiger partial charge >= 0.3 is 0 Å². The van der Waals surface area contributed by atoms with Crippen LogP contribution in [0.25, 0.3) is 0 Å². The zero-order chi connectivity index (χ0) is 34.8. The average molecular weight is 673 g/mol. The van der Waals surface area contributed by atoms with Crippen LogP contribution < -0.4 is 14.7 Å². The Hall–Kier alpha value is -3.56. The third-order valence-corrected chi connectivity index (χ3v) is 12.6. The quantitative estimate of drug-likeness (QED) is 0.228. The van der Waals surface area contributed by atoms with Crippen molar-refractivity contribution in [3.05, 3.63) is 79.9 Å². The van der Waals surface area contributed by atoms with Crippen LogP contribution in [0.4, 0.5) is 17.1 Å². The van der Waals surface area contributed by atoms with Crippen LogP contribution in [0.1, 0.15) is 53.9 Å². The van der Waals surface area contributed by atoms with Crippen molar-refractivity contribution in [3.8, 4) is 0 Å². The van der Waals surface area contributed by atoms with Crippen LogP contribution in [0.2, 0.25) is 0 Å². The molecule has 0 aromatic heterocycles. The Morgan fingerprint density at radius 3 is 2.04 bits per heavy atom. The molecule has 0 aliphatic carbocycles. The molecule has 48 heavy (non-hydrogen) atoms. The summed E-state index contributed by atoms with van der Waals surface area (Å²) in [5.41, 5.74) is 2.55. The van der Waals surface area contributed by atoms with Crippen LogP contribution in [-0.4, -0.2) is 82.1 Å². The van der Waals surface area contributed by atoms with Crippen LogP contribution in [0, 0.1) is 17.8 Å². The number of likely N-dealkylation sites (tertiary alicyclic amines) is 1. The average Bonchev–Trinajstić information content (AvgIpc) is 3.66. The summed E-state index contributed by atoms with van der Waals surface area (Å²) in [6, 6.07) is 16.1. The van der Waals surface area contributed by atoms with Gasteiger partial charge in [0.05, 0.1) is 29.2 Å². The molecule has 5 rings (SSSR count). The third kappa shape index (κ3) is 6.09. The summed E-state index contributed by atoms with van der Waals surface area (Å²) in [6.45, 7) is 20.4. The Kier molecular flexibility index (Phi) is 10.8. The molecule has 3 saturated heterocycles. The van der Waals surface area contributed by atoms with Crippen molar-refractivity contribution in [3.63, 3.8) is 0 Å². The molecular weight excluding hydrogens is 621 g/mol. The number of carbonyl (C=O) groups excluding carboxylic acids is 3. The minimum absolute atomic E-state index is 0.122. The highest BCUT2D eigenvalue weighted by molar-refractivity contribution is 8.02. The second-order valence-corrected chi connectivity index (χ2v) is 15.8. The fraction of sp³-hybridized carbons (Fsp3) is 0.513. The lowest BCUT2D eigenvalue weighted by Crippen LogP contribution is -2.58. The molecule has 3 heterocycles. The Balaban J connectivity index is 1.61. The van der Waals surface area contributed by atoms with Crippen molar-refractivity contribution in [1.29, 1.82) is 0 Å². The number of carbonyl (C=O) groups is 3. The molecule has 0 saturated carbocycles. The molecular formula is C39H52N4O4S. The fourth-order valence-electron chi connectivity index (χ4n) is 8.49. The number of anilines is 3. The Morgan fingerprint density at radius 1 is 0.938 bits per heavy atom. The molecule has 3 amide bonds. The number of rotatable bonds is 15. The van der Waals surface area contributed by atoms with E-state index in [9.17, 15) is 14.7 Å². The standard InChI is InChI=1S/C39H52N4O4S/c1-8-23-41(29-15-13-12-14-16-29)35(45)32-33-36(46)43(31(26-44)25-27(5)6)34(39(33)22-21-38(32,7)48-39)37(47)42(24-9-2)30-19-17-28(18-20-30)40(10-3)11-4/h8-9,12-20,27,31-34,44H,1-2,10-11,21-26H2,3-7H3/t31-,32-,33+,34?,38+,39?/m1/s1. The zero-order valence-corrected chi connectivity index (χ0v) is 30.0. The molecule has 1 spiro atoms. The van der Waals surface area contributed by atoms with Gasteiger partial charge in [-0.05, 0) is 82.3 Å². The monoisotopic (exact) mass is 672 g/mol. The topological polar surface area (TPSA) is 84.4 Å². The van der Waals surface area contributed by atoms with Gasteiger partial charge in [-0.25, -0.2) is 0 Å². The second-order valence-electron chi connectivity index (χ2n) is 13.9. The van der Waals surface area contributed by atoms with Crippen molar-refractivity contribution >= 4 is 46.5 Å². The van der Waals surface area contributed by atoms with Crippen molar-refractivity contribution < 1.29 is 19.5 Å². The number of aliphatic hydroxyl groups is 1. The van der Waals surface area contributed by atoms with E-state index in [4.69, 9.17) is 0 Å². The lowest BCUT2D eigenvalue weighted by atomic mass is 9.66. The largest absolute Gasteiger partial charge is 0.394 e. The van der Waals surface area contributed by atoms with Crippen LogP contribution >= 0.6 is 11.8 Å². The van der Waals surface area contributed by atoms with E-state index in [0.717, 1.165) is 30.2 Å². The molecule has 1 N–H and O–H groups in total. The van der Waals surface area contributed by atoms with E-state index < -0.39 is 33.4 Å². The molecule has 3 aliphatic heterocycles. The number of amides is 3. The summed E-state index contributed by atoms with van der Waals surface area (Å²) in [6.07, 6.45) is 5.31. The minimum atomic E-state index is -0.845. The van der Waals surface area contributed by atoms with E-state index in [2.05, 4.69) is 52.7 Å². The predicted octanol–water partition coefficient (Wildman–Crippen LogP) is 6.16. The zero-order valence-electron chi connectivity index (χ0n) is 29.2. The van der Waals surface area contributed by atoms with E-state index in [-0.39, 0.29) is 36.8 Å². The maximum absolute atomic E-state index is 15.2. The molecule has 2 unspecified atom stereocenters. The smallest absolute Gasteiger partial charge is 0.251 e. The van der Waals surface area contributed by atoms with Crippen molar-refractivity contribution in [2.75, 3.05) is 47.5 Å². The number of thioether (sulfide) groups is 1. The number of nitrogens with zero attached hydrogens (tertiary/aromatic N) is 4.